The number of thioether (sulfide) groups is 1. The minimum Gasteiger partial charge on any atom is -0.325 e. The molecule has 0 unspecified atom stereocenters. The van der Waals surface area contributed by atoms with Gasteiger partial charge in [-0.25, -0.2) is 4.99 Å². The third-order valence-corrected chi connectivity index (χ3v) is 4.74. The van der Waals surface area contributed by atoms with Crippen molar-refractivity contribution < 1.29 is 9.59 Å². The number of fused-ring (bicyclic) bond motifs is 1. The molecule has 24 heavy (non-hydrogen) atoms. The quantitative estimate of drug-likeness (QED) is 0.852. The van der Waals surface area contributed by atoms with Gasteiger partial charge >= 0.3 is 0 Å². The van der Waals surface area contributed by atoms with Crippen molar-refractivity contribution in [1.29, 1.82) is 0 Å². The zero-order chi connectivity index (χ0) is 17.1. The normalized spacial score (nSPS) is 12.5. The number of hydrogen-bond acceptors (Lipinski definition) is 4. The Bertz CT molecular complexity index is 826. The molecule has 0 atom stereocenters. The van der Waals surface area contributed by atoms with Crippen molar-refractivity contribution in [3.8, 4) is 0 Å². The number of benzene rings is 2. The van der Waals surface area contributed by atoms with Gasteiger partial charge in [-0.2, -0.15) is 0 Å². The van der Waals surface area contributed by atoms with Crippen LogP contribution in [0, 0.1) is 6.92 Å². The number of rotatable bonds is 4. The molecule has 0 spiro atoms. The van der Waals surface area contributed by atoms with Gasteiger partial charge in [0.15, 0.2) is 5.78 Å². The number of nitrogens with one attached hydrogen (secondary N) is 1. The Hall–Kier alpha value is -2.40. The molecule has 0 aromatic heterocycles. The first-order valence-corrected chi connectivity index (χ1v) is 8.70. The van der Waals surface area contributed by atoms with Crippen LogP contribution in [0.25, 0.3) is 0 Å². The molecule has 0 saturated heterocycles. The van der Waals surface area contributed by atoms with E-state index in [0.29, 0.717) is 17.0 Å². The van der Waals surface area contributed by atoms with Crippen LogP contribution in [0.5, 0.6) is 0 Å². The van der Waals surface area contributed by atoms with E-state index in [4.69, 9.17) is 0 Å². The van der Waals surface area contributed by atoms with Crippen LogP contribution in [0.3, 0.4) is 0 Å². The van der Waals surface area contributed by atoms with E-state index >= 15 is 0 Å². The van der Waals surface area contributed by atoms with E-state index in [2.05, 4.69) is 23.3 Å². The molecular formula is C19H18N2O2S. The maximum absolute atomic E-state index is 12.1. The summed E-state index contributed by atoms with van der Waals surface area (Å²) in [6, 6.07) is 13.1. The van der Waals surface area contributed by atoms with Crippen LogP contribution < -0.4 is 5.32 Å². The lowest BCUT2D eigenvalue weighted by atomic mass is 10.1. The molecular weight excluding hydrogens is 320 g/mol. The van der Waals surface area contributed by atoms with Crippen molar-refractivity contribution in [1.82, 2.24) is 0 Å². The van der Waals surface area contributed by atoms with Gasteiger partial charge in [0.1, 0.15) is 0 Å². The molecule has 0 fully saturated rings. The molecule has 0 aliphatic carbocycles. The largest absolute Gasteiger partial charge is 0.325 e. The van der Waals surface area contributed by atoms with E-state index in [1.54, 1.807) is 24.3 Å². The van der Waals surface area contributed by atoms with Crippen molar-refractivity contribution in [2.45, 2.75) is 20.3 Å². The predicted molar refractivity (Wildman–Crippen MR) is 99.5 cm³/mol. The number of anilines is 1. The van der Waals surface area contributed by atoms with Crippen LogP contribution in [0.2, 0.25) is 0 Å². The molecule has 5 heteroatoms. The molecule has 122 valence electrons. The summed E-state index contributed by atoms with van der Waals surface area (Å²) in [5, 5.41) is 3.81. The van der Waals surface area contributed by atoms with E-state index in [-0.39, 0.29) is 11.7 Å². The third kappa shape index (κ3) is 3.92. The number of carbonyl (C=O) groups excluding carboxylic acids is 2. The summed E-state index contributed by atoms with van der Waals surface area (Å²) in [6.07, 6.45) is 0.794. The molecule has 0 bridgehead atoms. The lowest BCUT2D eigenvalue weighted by molar-refractivity contribution is -0.113. The third-order valence-electron chi connectivity index (χ3n) is 3.77. The predicted octanol–water partition coefficient (Wildman–Crippen LogP) is 4.16. The van der Waals surface area contributed by atoms with E-state index in [1.165, 1.54) is 29.8 Å². The Kier molecular flexibility index (Phi) is 4.81. The molecule has 1 aliphatic rings. The summed E-state index contributed by atoms with van der Waals surface area (Å²) in [7, 11) is 0. The summed E-state index contributed by atoms with van der Waals surface area (Å²) >= 11 is 1.47. The topological polar surface area (TPSA) is 58.5 Å². The van der Waals surface area contributed by atoms with Crippen LogP contribution in [0.15, 0.2) is 47.5 Å². The summed E-state index contributed by atoms with van der Waals surface area (Å²) < 4.78 is 0. The van der Waals surface area contributed by atoms with Gasteiger partial charge < -0.3 is 5.32 Å². The fraction of sp³-hybridized carbons (Fsp3) is 0.211. The van der Waals surface area contributed by atoms with E-state index in [0.717, 1.165) is 17.2 Å². The second-order valence-corrected chi connectivity index (χ2v) is 6.83. The summed E-state index contributed by atoms with van der Waals surface area (Å²) in [4.78, 5) is 27.9. The monoisotopic (exact) mass is 338 g/mol. The second-order valence-electron chi connectivity index (χ2n) is 5.78. The highest BCUT2D eigenvalue weighted by molar-refractivity contribution is 8.14. The fourth-order valence-electron chi connectivity index (χ4n) is 2.52. The van der Waals surface area contributed by atoms with Gasteiger partial charge in [0.2, 0.25) is 5.91 Å². The Morgan fingerprint density at radius 1 is 1.17 bits per heavy atom. The molecule has 1 amide bonds. The number of hydrogen-bond donors (Lipinski definition) is 1. The van der Waals surface area contributed by atoms with Crippen molar-refractivity contribution in [2.24, 2.45) is 4.99 Å². The fourth-order valence-corrected chi connectivity index (χ4v) is 3.31. The standard InChI is InChI=1S/C19H18N2O2S/c1-12-3-8-17-15(9-12)10-19(21-17)24-11-18(23)20-16-6-4-14(5-7-16)13(2)22/h3-9H,10-11H2,1-2H3,(H,20,23). The lowest BCUT2D eigenvalue weighted by Gasteiger charge is -2.05. The highest BCUT2D eigenvalue weighted by atomic mass is 32.2. The molecule has 2 aromatic rings. The van der Waals surface area contributed by atoms with Crippen molar-refractivity contribution in [2.75, 3.05) is 11.1 Å². The van der Waals surface area contributed by atoms with E-state index < -0.39 is 0 Å². The van der Waals surface area contributed by atoms with Crippen molar-refractivity contribution >= 4 is 39.9 Å². The number of Topliss-reactive ketones (excluding diaryl/α,β-unsaturated/α-hetero) is 1. The van der Waals surface area contributed by atoms with Crippen molar-refractivity contribution in [3.05, 3.63) is 59.2 Å². The molecule has 1 N–H and O–H groups in total. The second kappa shape index (κ2) is 7.01. The van der Waals surface area contributed by atoms with Gasteiger partial charge in [0.25, 0.3) is 0 Å². The maximum Gasteiger partial charge on any atom is 0.234 e. The lowest BCUT2D eigenvalue weighted by Crippen LogP contribution is -2.15. The molecule has 1 heterocycles. The molecule has 0 radical (unpaired) electrons. The number of ketones is 1. The highest BCUT2D eigenvalue weighted by Crippen LogP contribution is 2.30. The Balaban J connectivity index is 1.52. The van der Waals surface area contributed by atoms with Crippen LogP contribution >= 0.6 is 11.8 Å². The first-order chi connectivity index (χ1) is 11.5. The van der Waals surface area contributed by atoms with Gasteiger partial charge in [-0.15, -0.1) is 11.8 Å². The molecule has 0 saturated carbocycles. The van der Waals surface area contributed by atoms with E-state index in [9.17, 15) is 9.59 Å². The smallest absolute Gasteiger partial charge is 0.234 e. The van der Waals surface area contributed by atoms with Crippen LogP contribution in [-0.4, -0.2) is 22.5 Å². The molecule has 3 rings (SSSR count). The Morgan fingerprint density at radius 2 is 1.92 bits per heavy atom. The Morgan fingerprint density at radius 3 is 2.62 bits per heavy atom. The van der Waals surface area contributed by atoms with Gasteiger partial charge in [-0.1, -0.05) is 17.7 Å². The number of carbonyl (C=O) groups is 2. The molecule has 2 aromatic carbocycles. The van der Waals surface area contributed by atoms with Crippen molar-refractivity contribution in [3.63, 3.8) is 0 Å². The zero-order valence-electron chi connectivity index (χ0n) is 13.6. The minimum atomic E-state index is -0.0783. The van der Waals surface area contributed by atoms with Crippen LogP contribution in [0.4, 0.5) is 11.4 Å². The van der Waals surface area contributed by atoms with Gasteiger partial charge in [0, 0.05) is 17.7 Å². The highest BCUT2D eigenvalue weighted by Gasteiger charge is 2.16. The SMILES string of the molecule is CC(=O)c1ccc(NC(=O)CSC2=Nc3ccc(C)cc3C2)cc1. The van der Waals surface area contributed by atoms with Crippen LogP contribution in [-0.2, 0) is 11.2 Å². The average Bonchev–Trinajstić information content (AvgIpc) is 2.95. The van der Waals surface area contributed by atoms with Crippen LogP contribution in [0.1, 0.15) is 28.4 Å². The molecule has 4 nitrogen and oxygen atoms in total. The number of aryl methyl sites for hydroxylation is 1. The zero-order valence-corrected chi connectivity index (χ0v) is 14.4. The van der Waals surface area contributed by atoms with Gasteiger partial charge in [-0.3, -0.25) is 9.59 Å². The average molecular weight is 338 g/mol. The molecule has 1 aliphatic heterocycles. The minimum absolute atomic E-state index is 0.0116. The number of aliphatic imine (C=N–C) groups is 1. The summed E-state index contributed by atoms with van der Waals surface area (Å²) in [5.41, 5.74) is 4.77. The van der Waals surface area contributed by atoms with E-state index in [1.807, 2.05) is 12.1 Å². The summed E-state index contributed by atoms with van der Waals surface area (Å²) in [5.74, 6) is 0.253. The number of amides is 1. The Labute approximate surface area is 145 Å². The first-order valence-electron chi connectivity index (χ1n) is 7.72. The van der Waals surface area contributed by atoms with Gasteiger partial charge in [0.05, 0.1) is 16.5 Å². The number of nitrogens with zero attached hydrogens (tertiary/aromatic N) is 1. The first kappa shape index (κ1) is 16.5. The summed E-state index contributed by atoms with van der Waals surface area (Å²) in [6.45, 7) is 3.59. The maximum atomic E-state index is 12.1. The van der Waals surface area contributed by atoms with Gasteiger partial charge in [-0.05, 0) is 49.7 Å².